The van der Waals surface area contributed by atoms with Crippen molar-refractivity contribution in [3.8, 4) is 5.75 Å². The van der Waals surface area contributed by atoms with Crippen LogP contribution in [0.3, 0.4) is 0 Å². The molecule has 0 spiro atoms. The molecule has 0 unspecified atom stereocenters. The summed E-state index contributed by atoms with van der Waals surface area (Å²) in [5.74, 6) is 0.459. The average Bonchev–Trinajstić information content (AvgIpc) is 2.71. The lowest BCUT2D eigenvalue weighted by Gasteiger charge is -2.32. The van der Waals surface area contributed by atoms with Gasteiger partial charge in [0.1, 0.15) is 11.5 Å². The molecule has 29 heavy (non-hydrogen) atoms. The fraction of sp³-hybridized carbons (Fsp3) is 0.524. The first kappa shape index (κ1) is 22.4. The maximum Gasteiger partial charge on any atom is 0.513 e. The van der Waals surface area contributed by atoms with Crippen molar-refractivity contribution >= 4 is 23.8 Å². The van der Waals surface area contributed by atoms with Crippen molar-refractivity contribution in [2.45, 2.75) is 39.5 Å². The van der Waals surface area contributed by atoms with Crippen LogP contribution < -0.4 is 10.1 Å². The first-order valence-corrected chi connectivity index (χ1v) is 9.89. The molecular formula is C21H28N2O6. The van der Waals surface area contributed by atoms with Crippen LogP contribution in [0.15, 0.2) is 24.3 Å². The summed E-state index contributed by atoms with van der Waals surface area (Å²) in [6.45, 7) is 5.24. The van der Waals surface area contributed by atoms with Crippen molar-refractivity contribution in [1.82, 2.24) is 10.2 Å². The minimum absolute atomic E-state index is 0.0211. The summed E-state index contributed by atoms with van der Waals surface area (Å²) in [6, 6.07) is 6.24. The molecule has 158 valence electrons. The molecule has 0 atom stereocenters. The number of carbonyl (C=O) groups excluding carboxylic acids is 4. The average molecular weight is 404 g/mol. The highest BCUT2D eigenvalue weighted by atomic mass is 16.7. The summed E-state index contributed by atoms with van der Waals surface area (Å²) in [5.41, 5.74) is 0.470. The SMILES string of the molecule is CCOC(=O)Oc1ccc(C(=O)NCC2CCN(C(=O)CCC(C)=O)CC2)cc1. The Bertz CT molecular complexity index is 723. The first-order valence-electron chi connectivity index (χ1n) is 9.89. The van der Waals surface area contributed by atoms with E-state index in [0.29, 0.717) is 43.3 Å². The molecule has 0 aromatic heterocycles. The highest BCUT2D eigenvalue weighted by Crippen LogP contribution is 2.18. The van der Waals surface area contributed by atoms with Crippen LogP contribution in [0, 0.1) is 5.92 Å². The number of amides is 2. The second-order valence-corrected chi connectivity index (χ2v) is 7.05. The number of Topliss-reactive ketones (excluding diaryl/α,β-unsaturated/α-hetero) is 1. The summed E-state index contributed by atoms with van der Waals surface area (Å²) in [5, 5.41) is 2.91. The largest absolute Gasteiger partial charge is 0.513 e. The van der Waals surface area contributed by atoms with E-state index in [9.17, 15) is 19.2 Å². The van der Waals surface area contributed by atoms with E-state index in [2.05, 4.69) is 5.32 Å². The smallest absolute Gasteiger partial charge is 0.434 e. The van der Waals surface area contributed by atoms with E-state index in [0.717, 1.165) is 12.8 Å². The molecule has 1 aliphatic rings. The number of piperidine rings is 1. The third-order valence-electron chi connectivity index (χ3n) is 4.79. The quantitative estimate of drug-likeness (QED) is 0.528. The van der Waals surface area contributed by atoms with Crippen LogP contribution in [-0.4, -0.2) is 54.9 Å². The molecule has 8 nitrogen and oxygen atoms in total. The van der Waals surface area contributed by atoms with Crippen molar-refractivity contribution in [3.05, 3.63) is 29.8 Å². The standard InChI is InChI=1S/C21H28N2O6/c1-3-28-21(27)29-18-7-5-17(6-8-18)20(26)22-14-16-10-12-23(13-11-16)19(25)9-4-15(2)24/h5-8,16H,3-4,9-14H2,1-2H3,(H,22,26). The minimum Gasteiger partial charge on any atom is -0.434 e. The zero-order valence-corrected chi connectivity index (χ0v) is 16.9. The molecule has 0 aliphatic carbocycles. The van der Waals surface area contributed by atoms with Gasteiger partial charge in [0.25, 0.3) is 5.91 Å². The molecule has 1 heterocycles. The predicted octanol–water partition coefficient (Wildman–Crippen LogP) is 2.56. The lowest BCUT2D eigenvalue weighted by molar-refractivity contribution is -0.134. The topological polar surface area (TPSA) is 102 Å². The van der Waals surface area contributed by atoms with Crippen molar-refractivity contribution in [1.29, 1.82) is 0 Å². The van der Waals surface area contributed by atoms with E-state index in [-0.39, 0.29) is 30.6 Å². The van der Waals surface area contributed by atoms with Gasteiger partial charge in [0, 0.05) is 38.0 Å². The van der Waals surface area contributed by atoms with E-state index in [1.807, 2.05) is 0 Å². The number of nitrogens with one attached hydrogen (secondary N) is 1. The molecule has 1 saturated heterocycles. The summed E-state index contributed by atoms with van der Waals surface area (Å²) in [7, 11) is 0. The molecule has 1 fully saturated rings. The third kappa shape index (κ3) is 7.56. The fourth-order valence-corrected chi connectivity index (χ4v) is 3.08. The second-order valence-electron chi connectivity index (χ2n) is 7.05. The van der Waals surface area contributed by atoms with E-state index >= 15 is 0 Å². The molecule has 0 saturated carbocycles. The summed E-state index contributed by atoms with van der Waals surface area (Å²) in [4.78, 5) is 48.4. The van der Waals surface area contributed by atoms with Crippen molar-refractivity contribution < 1.29 is 28.7 Å². The summed E-state index contributed by atoms with van der Waals surface area (Å²) < 4.78 is 9.66. The second kappa shape index (κ2) is 11.2. The molecule has 0 bridgehead atoms. The zero-order valence-electron chi connectivity index (χ0n) is 16.9. The number of ether oxygens (including phenoxy) is 2. The van der Waals surface area contributed by atoms with Crippen molar-refractivity contribution in [3.63, 3.8) is 0 Å². The summed E-state index contributed by atoms with van der Waals surface area (Å²) in [6.07, 6.45) is 1.41. The van der Waals surface area contributed by atoms with Gasteiger partial charge in [-0.25, -0.2) is 4.79 Å². The van der Waals surface area contributed by atoms with Gasteiger partial charge in [-0.05, 0) is 56.9 Å². The first-order chi connectivity index (χ1) is 13.9. The van der Waals surface area contributed by atoms with Crippen LogP contribution in [0.1, 0.15) is 49.9 Å². The minimum atomic E-state index is -0.782. The van der Waals surface area contributed by atoms with Gasteiger partial charge in [-0.1, -0.05) is 0 Å². The monoisotopic (exact) mass is 404 g/mol. The van der Waals surface area contributed by atoms with Gasteiger partial charge in [0.15, 0.2) is 0 Å². The van der Waals surface area contributed by atoms with Gasteiger partial charge < -0.3 is 24.5 Å². The van der Waals surface area contributed by atoms with Crippen LogP contribution in [0.2, 0.25) is 0 Å². The van der Waals surface area contributed by atoms with Gasteiger partial charge in [-0.15, -0.1) is 0 Å². The molecule has 1 N–H and O–H groups in total. The molecule has 1 aromatic rings. The number of ketones is 1. The van der Waals surface area contributed by atoms with E-state index in [1.165, 1.54) is 19.1 Å². The van der Waals surface area contributed by atoms with Crippen molar-refractivity contribution in [2.24, 2.45) is 5.92 Å². The van der Waals surface area contributed by atoms with Gasteiger partial charge in [0.2, 0.25) is 5.91 Å². The van der Waals surface area contributed by atoms with Gasteiger partial charge in [0.05, 0.1) is 6.61 Å². The fourth-order valence-electron chi connectivity index (χ4n) is 3.08. The molecule has 0 radical (unpaired) electrons. The number of benzene rings is 1. The number of hydrogen-bond acceptors (Lipinski definition) is 6. The Kier molecular flexibility index (Phi) is 8.64. The Morgan fingerprint density at radius 2 is 1.72 bits per heavy atom. The molecule has 1 aromatic carbocycles. The van der Waals surface area contributed by atoms with Crippen LogP contribution in [-0.2, 0) is 14.3 Å². The highest BCUT2D eigenvalue weighted by Gasteiger charge is 2.23. The summed E-state index contributed by atoms with van der Waals surface area (Å²) >= 11 is 0. The third-order valence-corrected chi connectivity index (χ3v) is 4.79. The lowest BCUT2D eigenvalue weighted by Crippen LogP contribution is -2.41. The lowest BCUT2D eigenvalue weighted by atomic mass is 9.96. The van der Waals surface area contributed by atoms with Crippen LogP contribution in [0.5, 0.6) is 5.75 Å². The Morgan fingerprint density at radius 3 is 2.31 bits per heavy atom. The van der Waals surface area contributed by atoms with Gasteiger partial charge in [-0.3, -0.25) is 9.59 Å². The number of nitrogens with zero attached hydrogens (tertiary/aromatic N) is 1. The Labute approximate surface area is 170 Å². The van der Waals surface area contributed by atoms with Crippen LogP contribution >= 0.6 is 0 Å². The Balaban J connectivity index is 1.72. The molecule has 2 rings (SSSR count). The molecule has 2 amide bonds. The predicted molar refractivity (Wildman–Crippen MR) is 106 cm³/mol. The maximum absolute atomic E-state index is 12.3. The number of likely N-dealkylation sites (tertiary alicyclic amines) is 1. The number of carbonyl (C=O) groups is 4. The number of rotatable bonds is 8. The van der Waals surface area contributed by atoms with Gasteiger partial charge in [-0.2, -0.15) is 0 Å². The van der Waals surface area contributed by atoms with Gasteiger partial charge >= 0.3 is 6.16 Å². The van der Waals surface area contributed by atoms with E-state index in [4.69, 9.17) is 9.47 Å². The molecule has 1 aliphatic heterocycles. The molecular weight excluding hydrogens is 376 g/mol. The Morgan fingerprint density at radius 1 is 1.07 bits per heavy atom. The van der Waals surface area contributed by atoms with E-state index < -0.39 is 6.16 Å². The molecule has 8 heteroatoms. The van der Waals surface area contributed by atoms with E-state index in [1.54, 1.807) is 24.0 Å². The zero-order chi connectivity index (χ0) is 21.2. The van der Waals surface area contributed by atoms with Crippen LogP contribution in [0.25, 0.3) is 0 Å². The maximum atomic E-state index is 12.3. The Hall–Kier alpha value is -2.90. The van der Waals surface area contributed by atoms with Crippen LogP contribution in [0.4, 0.5) is 4.79 Å². The van der Waals surface area contributed by atoms with Crippen molar-refractivity contribution in [2.75, 3.05) is 26.2 Å². The highest BCUT2D eigenvalue weighted by molar-refractivity contribution is 5.94. The normalized spacial score (nSPS) is 14.2. The number of hydrogen-bond donors (Lipinski definition) is 1.